The van der Waals surface area contributed by atoms with E-state index in [2.05, 4.69) is 0 Å². The molecule has 5 heteroatoms. The average Bonchev–Trinajstić information content (AvgIpc) is 3.33. The van der Waals surface area contributed by atoms with Crippen LogP contribution in [0.15, 0.2) is 12.1 Å². The van der Waals surface area contributed by atoms with E-state index in [0.717, 1.165) is 19.4 Å². The van der Waals surface area contributed by atoms with Crippen molar-refractivity contribution in [1.82, 2.24) is 4.90 Å². The Kier molecular flexibility index (Phi) is 2.55. The Morgan fingerprint density at radius 1 is 1.20 bits per heavy atom. The smallest absolute Gasteiger partial charge is 0.256 e. The summed E-state index contributed by atoms with van der Waals surface area (Å²) in [7, 11) is 0. The molecule has 2 saturated carbocycles. The summed E-state index contributed by atoms with van der Waals surface area (Å²) in [6, 6.07) is 3.83. The molecule has 3 aliphatic rings. The molecule has 2 fully saturated rings. The molecule has 0 bridgehead atoms. The van der Waals surface area contributed by atoms with Gasteiger partial charge >= 0.3 is 0 Å². The SMILES string of the molecule is Nc1cc2c(cc1C(=O)N(CC1CC1)C1CC1)OCO2. The molecule has 2 N–H and O–H groups in total. The number of nitrogens with two attached hydrogens (primary N) is 1. The summed E-state index contributed by atoms with van der Waals surface area (Å²) in [5.41, 5.74) is 7.03. The largest absolute Gasteiger partial charge is 0.454 e. The fourth-order valence-electron chi connectivity index (χ4n) is 2.66. The Bertz CT molecular complexity index is 564. The summed E-state index contributed by atoms with van der Waals surface area (Å²) in [6.07, 6.45) is 4.71. The molecule has 106 valence electrons. The van der Waals surface area contributed by atoms with Crippen LogP contribution in [0.4, 0.5) is 5.69 Å². The van der Waals surface area contributed by atoms with Crippen LogP contribution in [0.5, 0.6) is 11.5 Å². The fourth-order valence-corrected chi connectivity index (χ4v) is 2.66. The first-order valence-electron chi connectivity index (χ1n) is 7.22. The number of nitrogen functional groups attached to an aromatic ring is 1. The third kappa shape index (κ3) is 2.07. The Hall–Kier alpha value is -1.91. The van der Waals surface area contributed by atoms with Gasteiger partial charge in [-0.25, -0.2) is 0 Å². The second-order valence-corrected chi connectivity index (χ2v) is 5.92. The number of rotatable bonds is 4. The highest BCUT2D eigenvalue weighted by molar-refractivity contribution is 6.00. The van der Waals surface area contributed by atoms with Crippen LogP contribution in [-0.4, -0.2) is 30.2 Å². The number of amides is 1. The van der Waals surface area contributed by atoms with Gasteiger partial charge in [-0.3, -0.25) is 4.79 Å². The highest BCUT2D eigenvalue weighted by Crippen LogP contribution is 2.39. The molecule has 1 amide bonds. The molecular weight excluding hydrogens is 256 g/mol. The zero-order valence-electron chi connectivity index (χ0n) is 11.3. The van der Waals surface area contributed by atoms with E-state index < -0.39 is 0 Å². The molecular formula is C15H18N2O3. The quantitative estimate of drug-likeness (QED) is 0.853. The van der Waals surface area contributed by atoms with Gasteiger partial charge in [0.05, 0.1) is 5.56 Å². The van der Waals surface area contributed by atoms with Crippen LogP contribution in [0.3, 0.4) is 0 Å². The first-order valence-corrected chi connectivity index (χ1v) is 7.22. The lowest BCUT2D eigenvalue weighted by atomic mass is 10.1. The Balaban J connectivity index is 1.63. The van der Waals surface area contributed by atoms with Crippen LogP contribution < -0.4 is 15.2 Å². The van der Waals surface area contributed by atoms with Gasteiger partial charge in [-0.15, -0.1) is 0 Å². The van der Waals surface area contributed by atoms with E-state index in [1.165, 1.54) is 12.8 Å². The van der Waals surface area contributed by atoms with Crippen molar-refractivity contribution in [3.8, 4) is 11.5 Å². The molecule has 0 saturated heterocycles. The number of anilines is 1. The predicted molar refractivity (Wildman–Crippen MR) is 73.8 cm³/mol. The Labute approximate surface area is 117 Å². The summed E-state index contributed by atoms with van der Waals surface area (Å²) in [4.78, 5) is 14.8. The number of fused-ring (bicyclic) bond motifs is 1. The number of nitrogens with zero attached hydrogens (tertiary/aromatic N) is 1. The summed E-state index contributed by atoms with van der Waals surface area (Å²) >= 11 is 0. The molecule has 1 aromatic rings. The molecule has 2 aliphatic carbocycles. The topological polar surface area (TPSA) is 64.8 Å². The molecule has 0 atom stereocenters. The fraction of sp³-hybridized carbons (Fsp3) is 0.533. The van der Waals surface area contributed by atoms with Gasteiger partial charge in [0.15, 0.2) is 11.5 Å². The van der Waals surface area contributed by atoms with Crippen LogP contribution in [0.2, 0.25) is 0 Å². The third-order valence-electron chi connectivity index (χ3n) is 4.18. The lowest BCUT2D eigenvalue weighted by Gasteiger charge is -2.23. The maximum Gasteiger partial charge on any atom is 0.256 e. The van der Waals surface area contributed by atoms with Crippen molar-refractivity contribution >= 4 is 11.6 Å². The van der Waals surface area contributed by atoms with Crippen molar-refractivity contribution in [3.05, 3.63) is 17.7 Å². The van der Waals surface area contributed by atoms with Gasteiger partial charge in [0.1, 0.15) is 0 Å². The predicted octanol–water partition coefficient (Wildman–Crippen LogP) is 2.01. The van der Waals surface area contributed by atoms with Crippen LogP contribution in [0.25, 0.3) is 0 Å². The number of carbonyl (C=O) groups is 1. The second kappa shape index (κ2) is 4.30. The Morgan fingerprint density at radius 3 is 2.55 bits per heavy atom. The molecule has 1 aromatic carbocycles. The van der Waals surface area contributed by atoms with Gasteiger partial charge in [-0.1, -0.05) is 0 Å². The van der Waals surface area contributed by atoms with Gasteiger partial charge in [0.2, 0.25) is 6.79 Å². The van der Waals surface area contributed by atoms with Crippen LogP contribution in [0.1, 0.15) is 36.0 Å². The van der Waals surface area contributed by atoms with E-state index >= 15 is 0 Å². The van der Waals surface area contributed by atoms with Crippen molar-refractivity contribution < 1.29 is 14.3 Å². The minimum Gasteiger partial charge on any atom is -0.454 e. The highest BCUT2D eigenvalue weighted by Gasteiger charge is 2.37. The van der Waals surface area contributed by atoms with E-state index in [9.17, 15) is 4.79 Å². The average molecular weight is 274 g/mol. The molecule has 5 nitrogen and oxygen atoms in total. The lowest BCUT2D eigenvalue weighted by molar-refractivity contribution is 0.0735. The molecule has 4 rings (SSSR count). The van der Waals surface area contributed by atoms with Crippen LogP contribution in [-0.2, 0) is 0 Å². The zero-order valence-corrected chi connectivity index (χ0v) is 11.3. The van der Waals surface area contributed by atoms with Crippen molar-refractivity contribution in [2.24, 2.45) is 5.92 Å². The third-order valence-corrected chi connectivity index (χ3v) is 4.18. The standard InChI is InChI=1S/C15H18N2O3/c16-12-6-14-13(19-8-20-14)5-11(12)15(18)17(10-3-4-10)7-9-1-2-9/h5-6,9-10H,1-4,7-8,16H2. The van der Waals surface area contributed by atoms with E-state index in [-0.39, 0.29) is 12.7 Å². The lowest BCUT2D eigenvalue weighted by Crippen LogP contribution is -2.35. The van der Waals surface area contributed by atoms with Crippen molar-refractivity contribution in [3.63, 3.8) is 0 Å². The van der Waals surface area contributed by atoms with Crippen molar-refractivity contribution in [2.75, 3.05) is 19.1 Å². The minimum absolute atomic E-state index is 0.0372. The van der Waals surface area contributed by atoms with E-state index in [1.807, 2.05) is 4.90 Å². The molecule has 0 spiro atoms. The number of carbonyl (C=O) groups excluding carboxylic acids is 1. The number of hydrogen-bond acceptors (Lipinski definition) is 4. The summed E-state index contributed by atoms with van der Waals surface area (Å²) < 4.78 is 10.6. The number of ether oxygens (including phenoxy) is 2. The van der Waals surface area contributed by atoms with Gasteiger partial charge in [-0.05, 0) is 37.7 Å². The van der Waals surface area contributed by atoms with E-state index in [1.54, 1.807) is 12.1 Å². The maximum absolute atomic E-state index is 12.8. The molecule has 0 radical (unpaired) electrons. The number of benzene rings is 1. The molecule has 0 aromatic heterocycles. The number of hydrogen-bond donors (Lipinski definition) is 1. The molecule has 1 aliphatic heterocycles. The highest BCUT2D eigenvalue weighted by atomic mass is 16.7. The Morgan fingerprint density at radius 2 is 1.90 bits per heavy atom. The summed E-state index contributed by atoms with van der Waals surface area (Å²) in [6.45, 7) is 1.07. The van der Waals surface area contributed by atoms with Crippen LogP contribution in [0, 0.1) is 5.92 Å². The molecule has 20 heavy (non-hydrogen) atoms. The first-order chi connectivity index (χ1) is 9.72. The van der Waals surface area contributed by atoms with E-state index in [4.69, 9.17) is 15.2 Å². The monoisotopic (exact) mass is 274 g/mol. The van der Waals surface area contributed by atoms with Gasteiger partial charge < -0.3 is 20.1 Å². The van der Waals surface area contributed by atoms with Crippen LogP contribution >= 0.6 is 0 Å². The molecule has 1 heterocycles. The summed E-state index contributed by atoms with van der Waals surface area (Å²) in [5, 5.41) is 0. The van der Waals surface area contributed by atoms with Gasteiger partial charge in [0, 0.05) is 24.3 Å². The van der Waals surface area contributed by atoms with E-state index in [0.29, 0.717) is 34.7 Å². The van der Waals surface area contributed by atoms with Gasteiger partial charge in [-0.2, -0.15) is 0 Å². The molecule has 0 unspecified atom stereocenters. The zero-order chi connectivity index (χ0) is 13.7. The maximum atomic E-state index is 12.8. The van der Waals surface area contributed by atoms with Crippen molar-refractivity contribution in [2.45, 2.75) is 31.7 Å². The minimum atomic E-state index is 0.0372. The van der Waals surface area contributed by atoms with Crippen molar-refractivity contribution in [1.29, 1.82) is 0 Å². The second-order valence-electron chi connectivity index (χ2n) is 5.92. The summed E-state index contributed by atoms with van der Waals surface area (Å²) in [5.74, 6) is 1.97. The normalized spacial score (nSPS) is 20.0. The first kappa shape index (κ1) is 11.9. The van der Waals surface area contributed by atoms with Gasteiger partial charge in [0.25, 0.3) is 5.91 Å².